The van der Waals surface area contributed by atoms with Gasteiger partial charge < -0.3 is 9.73 Å². The average molecular weight is 307 g/mol. The molecule has 0 saturated heterocycles. The molecule has 0 bridgehead atoms. The van der Waals surface area contributed by atoms with Gasteiger partial charge in [0.2, 0.25) is 0 Å². The molecule has 23 heavy (non-hydrogen) atoms. The molecule has 3 rings (SSSR count). The molecular formula is C17H13N3O3. The van der Waals surface area contributed by atoms with E-state index in [0.717, 1.165) is 0 Å². The molecule has 0 aliphatic carbocycles. The van der Waals surface area contributed by atoms with Gasteiger partial charge in [0.15, 0.2) is 5.76 Å². The van der Waals surface area contributed by atoms with Crippen LogP contribution in [0.5, 0.6) is 0 Å². The first-order valence-electron chi connectivity index (χ1n) is 6.94. The normalized spacial score (nSPS) is 10.4. The summed E-state index contributed by atoms with van der Waals surface area (Å²) in [5, 5.41) is 8.18. The third-order valence-electron chi connectivity index (χ3n) is 3.35. The van der Waals surface area contributed by atoms with E-state index in [1.54, 1.807) is 30.3 Å². The number of amides is 1. The van der Waals surface area contributed by atoms with Crippen molar-refractivity contribution in [2.45, 2.75) is 13.1 Å². The minimum Gasteiger partial charge on any atom is -0.459 e. The van der Waals surface area contributed by atoms with Crippen molar-refractivity contribution in [1.82, 2.24) is 15.1 Å². The van der Waals surface area contributed by atoms with Crippen LogP contribution in [-0.2, 0) is 13.1 Å². The quantitative estimate of drug-likeness (QED) is 0.742. The molecule has 0 fully saturated rings. The number of benzene rings is 1. The van der Waals surface area contributed by atoms with E-state index >= 15 is 0 Å². The Morgan fingerprint density at radius 1 is 1.26 bits per heavy atom. The van der Waals surface area contributed by atoms with Crippen LogP contribution in [0.2, 0.25) is 0 Å². The Morgan fingerprint density at radius 3 is 2.74 bits per heavy atom. The molecule has 0 unspecified atom stereocenters. The molecule has 1 N–H and O–H groups in total. The number of carbonyl (C=O) groups excluding carboxylic acids is 1. The zero-order valence-electron chi connectivity index (χ0n) is 12.2. The van der Waals surface area contributed by atoms with Gasteiger partial charge in [-0.25, -0.2) is 4.68 Å². The Morgan fingerprint density at radius 2 is 2.04 bits per heavy atom. The second-order valence-electron chi connectivity index (χ2n) is 4.82. The summed E-state index contributed by atoms with van der Waals surface area (Å²) in [6, 6.07) is 10.3. The standard InChI is InChI=1S/C17H13N3O3/c1-2-9-20-17(22)13-7-4-3-6-12(13)14(19-20)11-18-16(21)15-8-5-10-23-15/h1,3-8,10H,9,11H2,(H,18,21). The molecule has 6 heteroatoms. The number of carbonyl (C=O) groups is 1. The fraction of sp³-hybridized carbons (Fsp3) is 0.118. The van der Waals surface area contributed by atoms with Crippen molar-refractivity contribution < 1.29 is 9.21 Å². The van der Waals surface area contributed by atoms with Gasteiger partial charge in [-0.15, -0.1) is 6.42 Å². The lowest BCUT2D eigenvalue weighted by molar-refractivity contribution is 0.0922. The Hall–Kier alpha value is -3.33. The molecule has 0 aliphatic heterocycles. The molecule has 0 saturated carbocycles. The van der Waals surface area contributed by atoms with Crippen LogP contribution in [0.1, 0.15) is 16.2 Å². The van der Waals surface area contributed by atoms with Crippen LogP contribution >= 0.6 is 0 Å². The van der Waals surface area contributed by atoms with Crippen molar-refractivity contribution in [3.05, 3.63) is 64.5 Å². The zero-order valence-corrected chi connectivity index (χ0v) is 12.2. The number of aromatic nitrogens is 2. The van der Waals surface area contributed by atoms with Gasteiger partial charge in [-0.1, -0.05) is 24.1 Å². The smallest absolute Gasteiger partial charge is 0.287 e. The van der Waals surface area contributed by atoms with Crippen molar-refractivity contribution in [2.24, 2.45) is 0 Å². The summed E-state index contributed by atoms with van der Waals surface area (Å²) in [6.45, 7) is 0.230. The van der Waals surface area contributed by atoms with Gasteiger partial charge in [-0.05, 0) is 18.2 Å². The van der Waals surface area contributed by atoms with Crippen LogP contribution < -0.4 is 10.9 Å². The maximum absolute atomic E-state index is 12.3. The maximum Gasteiger partial charge on any atom is 0.287 e. The second kappa shape index (κ2) is 6.20. The lowest BCUT2D eigenvalue weighted by Gasteiger charge is -2.09. The van der Waals surface area contributed by atoms with E-state index in [1.807, 2.05) is 6.07 Å². The lowest BCUT2D eigenvalue weighted by Crippen LogP contribution is -2.28. The predicted molar refractivity (Wildman–Crippen MR) is 84.7 cm³/mol. The monoisotopic (exact) mass is 307 g/mol. The Balaban J connectivity index is 1.96. The van der Waals surface area contributed by atoms with Crippen molar-refractivity contribution in [2.75, 3.05) is 0 Å². The van der Waals surface area contributed by atoms with Gasteiger partial charge in [0.05, 0.1) is 23.9 Å². The summed E-state index contributed by atoms with van der Waals surface area (Å²) in [5.41, 5.74) is 0.315. The summed E-state index contributed by atoms with van der Waals surface area (Å²) < 4.78 is 6.26. The molecule has 114 valence electrons. The minimum absolute atomic E-state index is 0.0722. The predicted octanol–water partition coefficient (Wildman–Crippen LogP) is 1.55. The van der Waals surface area contributed by atoms with E-state index in [0.29, 0.717) is 16.5 Å². The van der Waals surface area contributed by atoms with E-state index in [2.05, 4.69) is 16.3 Å². The summed E-state index contributed by atoms with van der Waals surface area (Å²) in [7, 11) is 0. The van der Waals surface area contributed by atoms with Gasteiger partial charge in [0.25, 0.3) is 11.5 Å². The number of nitrogens with zero attached hydrogens (tertiary/aromatic N) is 2. The van der Waals surface area contributed by atoms with Crippen LogP contribution in [0.4, 0.5) is 0 Å². The van der Waals surface area contributed by atoms with Crippen LogP contribution in [0, 0.1) is 12.3 Å². The Bertz CT molecular complexity index is 949. The van der Waals surface area contributed by atoms with Gasteiger partial charge in [-0.2, -0.15) is 5.10 Å². The van der Waals surface area contributed by atoms with Crippen LogP contribution in [0.15, 0.2) is 51.9 Å². The van der Waals surface area contributed by atoms with Crippen molar-refractivity contribution in [3.8, 4) is 12.3 Å². The molecule has 0 aliphatic rings. The number of furan rings is 1. The van der Waals surface area contributed by atoms with E-state index < -0.39 is 0 Å². The number of fused-ring (bicyclic) bond motifs is 1. The first-order chi connectivity index (χ1) is 11.2. The third-order valence-corrected chi connectivity index (χ3v) is 3.35. The number of rotatable bonds is 4. The zero-order chi connectivity index (χ0) is 16.2. The maximum atomic E-state index is 12.3. The molecule has 0 atom stereocenters. The van der Waals surface area contributed by atoms with E-state index in [9.17, 15) is 9.59 Å². The van der Waals surface area contributed by atoms with Crippen molar-refractivity contribution in [3.63, 3.8) is 0 Å². The topological polar surface area (TPSA) is 77.1 Å². The van der Waals surface area contributed by atoms with E-state index in [-0.39, 0.29) is 30.3 Å². The van der Waals surface area contributed by atoms with Crippen LogP contribution in [0.25, 0.3) is 10.8 Å². The first kappa shape index (κ1) is 14.6. The van der Waals surface area contributed by atoms with Crippen LogP contribution in [0.3, 0.4) is 0 Å². The van der Waals surface area contributed by atoms with Gasteiger partial charge in [0.1, 0.15) is 6.54 Å². The minimum atomic E-state index is -0.351. The number of hydrogen-bond acceptors (Lipinski definition) is 4. The molecule has 3 aromatic rings. The van der Waals surface area contributed by atoms with E-state index in [1.165, 1.54) is 10.9 Å². The van der Waals surface area contributed by atoms with Crippen LogP contribution in [-0.4, -0.2) is 15.7 Å². The highest BCUT2D eigenvalue weighted by Gasteiger charge is 2.12. The summed E-state index contributed by atoms with van der Waals surface area (Å²) in [5.74, 6) is 2.26. The fourth-order valence-corrected chi connectivity index (χ4v) is 2.29. The van der Waals surface area contributed by atoms with Gasteiger partial charge >= 0.3 is 0 Å². The highest BCUT2D eigenvalue weighted by molar-refractivity contribution is 5.91. The number of nitrogens with one attached hydrogen (secondary N) is 1. The molecular weight excluding hydrogens is 294 g/mol. The second-order valence-corrected chi connectivity index (χ2v) is 4.82. The molecule has 0 spiro atoms. The summed E-state index contributed by atoms with van der Waals surface area (Å²) in [4.78, 5) is 24.3. The van der Waals surface area contributed by atoms with Gasteiger partial charge in [0, 0.05) is 5.39 Å². The third kappa shape index (κ3) is 2.85. The Labute approximate surface area is 131 Å². The average Bonchev–Trinajstić information content (AvgIpc) is 3.11. The molecule has 1 amide bonds. The molecule has 6 nitrogen and oxygen atoms in total. The molecule has 2 heterocycles. The Kier molecular flexibility index (Phi) is 3.93. The number of hydrogen-bond donors (Lipinski definition) is 1. The largest absolute Gasteiger partial charge is 0.459 e. The number of terminal acetylenes is 1. The van der Waals surface area contributed by atoms with Crippen molar-refractivity contribution in [1.29, 1.82) is 0 Å². The van der Waals surface area contributed by atoms with E-state index in [4.69, 9.17) is 10.8 Å². The highest BCUT2D eigenvalue weighted by Crippen LogP contribution is 2.13. The summed E-state index contributed by atoms with van der Waals surface area (Å²) in [6.07, 6.45) is 6.70. The summed E-state index contributed by atoms with van der Waals surface area (Å²) >= 11 is 0. The lowest BCUT2D eigenvalue weighted by atomic mass is 10.1. The van der Waals surface area contributed by atoms with Crippen molar-refractivity contribution >= 4 is 16.7 Å². The highest BCUT2D eigenvalue weighted by atomic mass is 16.3. The molecule has 2 aromatic heterocycles. The SMILES string of the molecule is C#CCn1nc(CNC(=O)c2ccco2)c2ccccc2c1=O. The van der Waals surface area contributed by atoms with Gasteiger partial charge in [-0.3, -0.25) is 9.59 Å². The molecule has 1 aromatic carbocycles. The molecule has 0 radical (unpaired) electrons. The fourth-order valence-electron chi connectivity index (χ4n) is 2.29. The first-order valence-corrected chi connectivity index (χ1v) is 6.94.